The fraction of sp³-hybridized carbons (Fsp3) is 0.231. The highest BCUT2D eigenvalue weighted by Crippen LogP contribution is 2.18. The number of aromatic nitrogens is 1. The summed E-state index contributed by atoms with van der Waals surface area (Å²) in [5, 5.41) is 13.9. The Morgan fingerprint density at radius 3 is 3.00 bits per heavy atom. The molecular formula is C13H14N2O2. The minimum atomic E-state index is -0.835. The normalized spacial score (nSPS) is 12.5. The van der Waals surface area contributed by atoms with Gasteiger partial charge in [-0.2, -0.15) is 0 Å². The fourth-order valence-electron chi connectivity index (χ4n) is 1.90. The van der Waals surface area contributed by atoms with Crippen LogP contribution < -0.4 is 5.32 Å². The van der Waals surface area contributed by atoms with Gasteiger partial charge in [0.15, 0.2) is 0 Å². The number of benzene rings is 1. The van der Waals surface area contributed by atoms with Crippen molar-refractivity contribution in [2.24, 2.45) is 0 Å². The van der Waals surface area contributed by atoms with E-state index in [1.165, 1.54) is 0 Å². The first-order valence-corrected chi connectivity index (χ1v) is 5.44. The van der Waals surface area contributed by atoms with E-state index < -0.39 is 12.0 Å². The summed E-state index contributed by atoms with van der Waals surface area (Å²) in [5.74, 6) is -0.835. The topological polar surface area (TPSA) is 62.2 Å². The van der Waals surface area contributed by atoms with Gasteiger partial charge in [0.1, 0.15) is 6.04 Å². The van der Waals surface area contributed by atoms with E-state index in [9.17, 15) is 4.79 Å². The Morgan fingerprint density at radius 2 is 2.29 bits per heavy atom. The lowest BCUT2D eigenvalue weighted by molar-refractivity contribution is -0.139. The van der Waals surface area contributed by atoms with E-state index in [2.05, 4.69) is 10.3 Å². The molecule has 1 aromatic carbocycles. The van der Waals surface area contributed by atoms with Crippen LogP contribution >= 0.6 is 0 Å². The number of nitrogens with one attached hydrogen (secondary N) is 1. The third-order valence-electron chi connectivity index (χ3n) is 2.84. The molecule has 2 N–H and O–H groups in total. The van der Waals surface area contributed by atoms with Gasteiger partial charge in [0.05, 0.1) is 0 Å². The number of fused-ring (bicyclic) bond motifs is 1. The first kappa shape index (κ1) is 11.5. The van der Waals surface area contributed by atoms with Crippen LogP contribution in [-0.2, 0) is 11.2 Å². The van der Waals surface area contributed by atoms with Gasteiger partial charge in [0, 0.05) is 17.8 Å². The van der Waals surface area contributed by atoms with Crippen molar-refractivity contribution in [3.63, 3.8) is 0 Å². The number of likely N-dealkylation sites (N-methyl/N-ethyl adjacent to an activating group) is 1. The number of carbonyl (C=O) groups is 1. The second-order valence-electron chi connectivity index (χ2n) is 3.90. The van der Waals surface area contributed by atoms with Gasteiger partial charge >= 0.3 is 5.97 Å². The number of carboxylic acid groups (broad SMARTS) is 1. The quantitative estimate of drug-likeness (QED) is 0.834. The molecule has 88 valence electrons. The third kappa shape index (κ3) is 2.42. The number of nitrogens with zero attached hydrogens (tertiary/aromatic N) is 1. The molecule has 4 heteroatoms. The zero-order valence-electron chi connectivity index (χ0n) is 9.55. The van der Waals surface area contributed by atoms with E-state index in [4.69, 9.17) is 5.11 Å². The predicted octanol–water partition coefficient (Wildman–Crippen LogP) is 1.45. The van der Waals surface area contributed by atoms with Crippen LogP contribution in [0, 0.1) is 0 Å². The van der Waals surface area contributed by atoms with Gasteiger partial charge in [-0.15, -0.1) is 0 Å². The van der Waals surface area contributed by atoms with Crippen LogP contribution in [0.15, 0.2) is 36.7 Å². The Morgan fingerprint density at radius 1 is 1.47 bits per heavy atom. The Hall–Kier alpha value is -1.94. The highest BCUT2D eigenvalue weighted by atomic mass is 16.4. The summed E-state index contributed by atoms with van der Waals surface area (Å²) in [7, 11) is 1.66. The second-order valence-corrected chi connectivity index (χ2v) is 3.90. The van der Waals surface area contributed by atoms with Crippen LogP contribution in [0.4, 0.5) is 0 Å². The first-order chi connectivity index (χ1) is 8.22. The predicted molar refractivity (Wildman–Crippen MR) is 65.9 cm³/mol. The Balaban J connectivity index is 2.38. The van der Waals surface area contributed by atoms with Gasteiger partial charge < -0.3 is 10.4 Å². The van der Waals surface area contributed by atoms with Crippen molar-refractivity contribution in [2.75, 3.05) is 7.05 Å². The zero-order valence-corrected chi connectivity index (χ0v) is 9.55. The van der Waals surface area contributed by atoms with Crippen molar-refractivity contribution in [3.8, 4) is 0 Å². The molecule has 0 saturated heterocycles. The maximum absolute atomic E-state index is 11.0. The van der Waals surface area contributed by atoms with Gasteiger partial charge in [-0.1, -0.05) is 18.2 Å². The van der Waals surface area contributed by atoms with Crippen molar-refractivity contribution >= 4 is 16.7 Å². The molecule has 0 aliphatic carbocycles. The molecule has 0 aliphatic heterocycles. The fourth-order valence-corrected chi connectivity index (χ4v) is 1.90. The van der Waals surface area contributed by atoms with E-state index in [1.54, 1.807) is 19.4 Å². The zero-order chi connectivity index (χ0) is 12.3. The largest absolute Gasteiger partial charge is 0.480 e. The minimum absolute atomic E-state index is 0.465. The van der Waals surface area contributed by atoms with Gasteiger partial charge in [0.2, 0.25) is 0 Å². The molecule has 0 aliphatic rings. The van der Waals surface area contributed by atoms with Crippen LogP contribution in [0.2, 0.25) is 0 Å². The Bertz CT molecular complexity index is 534. The van der Waals surface area contributed by atoms with Crippen LogP contribution in [0.25, 0.3) is 10.8 Å². The number of hydrogen-bond donors (Lipinski definition) is 2. The third-order valence-corrected chi connectivity index (χ3v) is 2.84. The molecule has 1 aromatic heterocycles. The maximum atomic E-state index is 11.0. The SMILES string of the molecule is CN[C@@H](Cc1cccc2cnccc12)C(=O)O. The molecule has 2 rings (SSSR count). The summed E-state index contributed by atoms with van der Waals surface area (Å²) in [4.78, 5) is 15.1. The molecule has 2 aromatic rings. The van der Waals surface area contributed by atoms with Gasteiger partial charge in [-0.05, 0) is 30.5 Å². The molecule has 1 heterocycles. The Kier molecular flexibility index (Phi) is 3.35. The molecule has 0 radical (unpaired) electrons. The van der Waals surface area contributed by atoms with E-state index in [1.807, 2.05) is 24.3 Å². The first-order valence-electron chi connectivity index (χ1n) is 5.44. The maximum Gasteiger partial charge on any atom is 0.321 e. The van der Waals surface area contributed by atoms with Gasteiger partial charge in [-0.25, -0.2) is 0 Å². The van der Waals surface area contributed by atoms with Crippen molar-refractivity contribution in [1.82, 2.24) is 10.3 Å². The highest BCUT2D eigenvalue weighted by molar-refractivity contribution is 5.85. The summed E-state index contributed by atoms with van der Waals surface area (Å²) in [6.07, 6.45) is 3.97. The average Bonchev–Trinajstić information content (AvgIpc) is 2.35. The van der Waals surface area contributed by atoms with E-state index in [-0.39, 0.29) is 0 Å². The van der Waals surface area contributed by atoms with Crippen LogP contribution in [0.5, 0.6) is 0 Å². The molecule has 0 bridgehead atoms. The second kappa shape index (κ2) is 4.93. The number of aliphatic carboxylic acids is 1. The summed E-state index contributed by atoms with van der Waals surface area (Å²) < 4.78 is 0. The number of rotatable bonds is 4. The van der Waals surface area contributed by atoms with Crippen molar-refractivity contribution < 1.29 is 9.90 Å². The average molecular weight is 230 g/mol. The molecule has 0 amide bonds. The molecule has 17 heavy (non-hydrogen) atoms. The van der Waals surface area contributed by atoms with Crippen LogP contribution in [0.3, 0.4) is 0 Å². The van der Waals surface area contributed by atoms with Gasteiger partial charge in [-0.3, -0.25) is 9.78 Å². The summed E-state index contributed by atoms with van der Waals surface area (Å²) >= 11 is 0. The number of pyridine rings is 1. The van der Waals surface area contributed by atoms with Gasteiger partial charge in [0.25, 0.3) is 0 Å². The number of hydrogen-bond acceptors (Lipinski definition) is 3. The molecular weight excluding hydrogens is 216 g/mol. The molecule has 1 atom stereocenters. The summed E-state index contributed by atoms with van der Waals surface area (Å²) in [6, 6.07) is 7.21. The molecule has 4 nitrogen and oxygen atoms in total. The molecule has 0 unspecified atom stereocenters. The van der Waals surface area contributed by atoms with Crippen molar-refractivity contribution in [3.05, 3.63) is 42.2 Å². The Labute approximate surface area is 99.3 Å². The smallest absolute Gasteiger partial charge is 0.321 e. The lowest BCUT2D eigenvalue weighted by Gasteiger charge is -2.12. The monoisotopic (exact) mass is 230 g/mol. The summed E-state index contributed by atoms with van der Waals surface area (Å²) in [5.41, 5.74) is 1.02. The standard InChI is InChI=1S/C13H14N2O2/c1-14-12(13(16)17)7-9-3-2-4-10-8-15-6-5-11(9)10/h2-6,8,12,14H,7H2,1H3,(H,16,17)/t12-/m0/s1. The van der Waals surface area contributed by atoms with E-state index >= 15 is 0 Å². The summed E-state index contributed by atoms with van der Waals surface area (Å²) in [6.45, 7) is 0. The lowest BCUT2D eigenvalue weighted by atomic mass is 10.00. The molecule has 0 spiro atoms. The van der Waals surface area contributed by atoms with E-state index in [0.29, 0.717) is 6.42 Å². The van der Waals surface area contributed by atoms with Crippen molar-refractivity contribution in [1.29, 1.82) is 0 Å². The minimum Gasteiger partial charge on any atom is -0.480 e. The van der Waals surface area contributed by atoms with Crippen LogP contribution in [0.1, 0.15) is 5.56 Å². The highest BCUT2D eigenvalue weighted by Gasteiger charge is 2.16. The van der Waals surface area contributed by atoms with Crippen molar-refractivity contribution in [2.45, 2.75) is 12.5 Å². The van der Waals surface area contributed by atoms with E-state index in [0.717, 1.165) is 16.3 Å². The molecule has 0 fully saturated rings. The lowest BCUT2D eigenvalue weighted by Crippen LogP contribution is -2.35. The van der Waals surface area contributed by atoms with Crippen LogP contribution in [-0.4, -0.2) is 29.1 Å². The number of carboxylic acids is 1. The molecule has 0 saturated carbocycles.